The summed E-state index contributed by atoms with van der Waals surface area (Å²) in [5.74, 6) is -1.92. The number of aliphatic carboxylic acids is 1. The highest BCUT2D eigenvalue weighted by Crippen LogP contribution is 2.13. The molecule has 0 aliphatic carbocycles. The van der Waals surface area contributed by atoms with Gasteiger partial charge in [0.1, 0.15) is 0 Å². The van der Waals surface area contributed by atoms with E-state index in [-0.39, 0.29) is 11.3 Å². The van der Waals surface area contributed by atoms with E-state index in [0.717, 1.165) is 5.56 Å². The quantitative estimate of drug-likeness (QED) is 0.540. The molecule has 0 fully saturated rings. The normalized spacial score (nSPS) is 11.9. The maximum Gasteiger partial charge on any atom is 0.328 e. The monoisotopic (exact) mass is 238 g/mol. The van der Waals surface area contributed by atoms with Gasteiger partial charge in [0.15, 0.2) is 6.04 Å². The molecule has 0 spiro atoms. The fraction of sp³-hybridized carbons (Fsp3) is 0.273. The number of amides is 1. The van der Waals surface area contributed by atoms with Crippen molar-refractivity contribution in [2.45, 2.75) is 13.0 Å². The SMILES string of the molecule is Cc1ccc(N)c(C(=O)N[C@H](CO)C(=O)O)c1. The van der Waals surface area contributed by atoms with Gasteiger partial charge in [0.05, 0.1) is 12.2 Å². The van der Waals surface area contributed by atoms with E-state index in [1.807, 2.05) is 0 Å². The first-order valence-corrected chi connectivity index (χ1v) is 4.96. The molecular formula is C11H14N2O4. The minimum absolute atomic E-state index is 0.199. The molecule has 0 aliphatic rings. The molecule has 6 nitrogen and oxygen atoms in total. The van der Waals surface area contributed by atoms with E-state index in [2.05, 4.69) is 5.32 Å². The van der Waals surface area contributed by atoms with Crippen LogP contribution >= 0.6 is 0 Å². The highest BCUT2D eigenvalue weighted by Gasteiger charge is 2.20. The Morgan fingerprint density at radius 3 is 2.65 bits per heavy atom. The molecular weight excluding hydrogens is 224 g/mol. The van der Waals surface area contributed by atoms with Gasteiger partial charge in [-0.15, -0.1) is 0 Å². The molecule has 0 heterocycles. The standard InChI is InChI=1S/C11H14N2O4/c1-6-2-3-8(12)7(4-6)10(15)13-9(5-14)11(16)17/h2-4,9,14H,5,12H2,1H3,(H,13,15)(H,16,17)/t9-/m1/s1. The average molecular weight is 238 g/mol. The zero-order chi connectivity index (χ0) is 13.0. The summed E-state index contributed by atoms with van der Waals surface area (Å²) in [6, 6.07) is 3.54. The van der Waals surface area contributed by atoms with E-state index in [9.17, 15) is 9.59 Å². The Labute approximate surface area is 98.1 Å². The number of nitrogens with one attached hydrogen (secondary N) is 1. The molecule has 5 N–H and O–H groups in total. The summed E-state index contributed by atoms with van der Waals surface area (Å²) in [4.78, 5) is 22.4. The smallest absolute Gasteiger partial charge is 0.328 e. The molecule has 6 heteroatoms. The number of hydrogen-bond acceptors (Lipinski definition) is 4. The third kappa shape index (κ3) is 3.18. The van der Waals surface area contributed by atoms with Gasteiger partial charge in [-0.25, -0.2) is 4.79 Å². The van der Waals surface area contributed by atoms with Crippen LogP contribution < -0.4 is 11.1 Å². The molecule has 0 radical (unpaired) electrons. The number of carbonyl (C=O) groups excluding carboxylic acids is 1. The van der Waals surface area contributed by atoms with Gasteiger partial charge in [-0.2, -0.15) is 0 Å². The lowest BCUT2D eigenvalue weighted by Gasteiger charge is -2.13. The van der Waals surface area contributed by atoms with Gasteiger partial charge in [-0.1, -0.05) is 11.6 Å². The summed E-state index contributed by atoms with van der Waals surface area (Å²) in [5.41, 5.74) is 6.90. The number of aliphatic hydroxyl groups excluding tert-OH is 1. The van der Waals surface area contributed by atoms with Crippen LogP contribution in [0.25, 0.3) is 0 Å². The van der Waals surface area contributed by atoms with E-state index in [1.54, 1.807) is 25.1 Å². The summed E-state index contributed by atoms with van der Waals surface area (Å²) in [6.45, 7) is 1.11. The van der Waals surface area contributed by atoms with Gasteiger partial charge in [-0.3, -0.25) is 4.79 Å². The second-order valence-corrected chi connectivity index (χ2v) is 3.64. The Bertz CT molecular complexity index is 445. The minimum atomic E-state index is -1.33. The van der Waals surface area contributed by atoms with E-state index in [4.69, 9.17) is 15.9 Å². The van der Waals surface area contributed by atoms with Crippen molar-refractivity contribution in [3.8, 4) is 0 Å². The number of aryl methyl sites for hydroxylation is 1. The molecule has 1 aromatic rings. The van der Waals surface area contributed by atoms with Crippen LogP contribution in [0.4, 0.5) is 5.69 Å². The predicted molar refractivity (Wildman–Crippen MR) is 61.6 cm³/mol. The molecule has 17 heavy (non-hydrogen) atoms. The number of benzene rings is 1. The third-order valence-electron chi connectivity index (χ3n) is 2.24. The van der Waals surface area contributed by atoms with Crippen LogP contribution in [0, 0.1) is 6.92 Å². The number of aliphatic hydroxyl groups is 1. The van der Waals surface area contributed by atoms with E-state index in [1.165, 1.54) is 0 Å². The predicted octanol–water partition coefficient (Wildman–Crippen LogP) is -0.247. The van der Waals surface area contributed by atoms with E-state index in [0.29, 0.717) is 0 Å². The number of nitrogen functional groups attached to an aromatic ring is 1. The number of rotatable bonds is 4. The van der Waals surface area contributed by atoms with Crippen LogP contribution in [0.1, 0.15) is 15.9 Å². The molecule has 1 aromatic carbocycles. The van der Waals surface area contributed by atoms with Crippen molar-refractivity contribution in [3.05, 3.63) is 29.3 Å². The summed E-state index contributed by atoms with van der Waals surface area (Å²) in [5, 5.41) is 19.7. The fourth-order valence-corrected chi connectivity index (χ4v) is 1.29. The fourth-order valence-electron chi connectivity index (χ4n) is 1.29. The van der Waals surface area contributed by atoms with Crippen LogP contribution in [0.5, 0.6) is 0 Å². The van der Waals surface area contributed by atoms with Crippen molar-refractivity contribution in [3.63, 3.8) is 0 Å². The number of carbonyl (C=O) groups is 2. The lowest BCUT2D eigenvalue weighted by atomic mass is 10.1. The Morgan fingerprint density at radius 1 is 1.47 bits per heavy atom. The highest BCUT2D eigenvalue weighted by atomic mass is 16.4. The maximum atomic E-state index is 11.7. The molecule has 1 amide bonds. The Morgan fingerprint density at radius 2 is 2.12 bits per heavy atom. The highest BCUT2D eigenvalue weighted by molar-refractivity contribution is 6.01. The number of carboxylic acids is 1. The lowest BCUT2D eigenvalue weighted by molar-refractivity contribution is -0.140. The van der Waals surface area contributed by atoms with Gasteiger partial charge in [-0.05, 0) is 19.1 Å². The molecule has 0 aromatic heterocycles. The van der Waals surface area contributed by atoms with Gasteiger partial charge < -0.3 is 21.3 Å². The van der Waals surface area contributed by atoms with Crippen molar-refractivity contribution in [2.24, 2.45) is 0 Å². The van der Waals surface area contributed by atoms with Gasteiger partial charge >= 0.3 is 5.97 Å². The molecule has 0 aliphatic heterocycles. The largest absolute Gasteiger partial charge is 0.480 e. The topological polar surface area (TPSA) is 113 Å². The second-order valence-electron chi connectivity index (χ2n) is 3.64. The van der Waals surface area contributed by atoms with Gasteiger partial charge in [0.25, 0.3) is 5.91 Å². The number of anilines is 1. The van der Waals surface area contributed by atoms with Crippen molar-refractivity contribution in [1.29, 1.82) is 0 Å². The third-order valence-corrected chi connectivity index (χ3v) is 2.24. The van der Waals surface area contributed by atoms with Crippen molar-refractivity contribution >= 4 is 17.6 Å². The molecule has 0 unspecified atom stereocenters. The van der Waals surface area contributed by atoms with Crippen molar-refractivity contribution in [2.75, 3.05) is 12.3 Å². The zero-order valence-corrected chi connectivity index (χ0v) is 9.30. The zero-order valence-electron chi connectivity index (χ0n) is 9.30. The number of carboxylic acid groups (broad SMARTS) is 1. The van der Waals surface area contributed by atoms with E-state index >= 15 is 0 Å². The summed E-state index contributed by atoms with van der Waals surface area (Å²) in [6.07, 6.45) is 0. The average Bonchev–Trinajstić information content (AvgIpc) is 2.28. The first-order chi connectivity index (χ1) is 7.95. The van der Waals surface area contributed by atoms with Crippen molar-refractivity contribution in [1.82, 2.24) is 5.32 Å². The molecule has 0 bridgehead atoms. The minimum Gasteiger partial charge on any atom is -0.480 e. The molecule has 0 saturated carbocycles. The first kappa shape index (κ1) is 13.0. The molecule has 1 rings (SSSR count). The maximum absolute atomic E-state index is 11.7. The summed E-state index contributed by atoms with van der Waals surface area (Å²) >= 11 is 0. The summed E-state index contributed by atoms with van der Waals surface area (Å²) < 4.78 is 0. The number of hydrogen-bond donors (Lipinski definition) is 4. The van der Waals surface area contributed by atoms with Gasteiger partial charge in [0.2, 0.25) is 0 Å². The van der Waals surface area contributed by atoms with E-state index < -0.39 is 24.5 Å². The second kappa shape index (κ2) is 5.31. The lowest BCUT2D eigenvalue weighted by Crippen LogP contribution is -2.43. The number of nitrogens with two attached hydrogens (primary N) is 1. The Kier molecular flexibility index (Phi) is 4.06. The van der Waals surface area contributed by atoms with Crippen LogP contribution in [-0.2, 0) is 4.79 Å². The molecule has 0 saturated heterocycles. The Hall–Kier alpha value is -2.08. The van der Waals surface area contributed by atoms with Crippen LogP contribution in [0.15, 0.2) is 18.2 Å². The van der Waals surface area contributed by atoms with Crippen LogP contribution in [-0.4, -0.2) is 34.7 Å². The van der Waals surface area contributed by atoms with Crippen molar-refractivity contribution < 1.29 is 19.8 Å². The molecule has 1 atom stereocenters. The van der Waals surface area contributed by atoms with Gasteiger partial charge in [0, 0.05) is 5.69 Å². The summed E-state index contributed by atoms with van der Waals surface area (Å²) in [7, 11) is 0. The Balaban J connectivity index is 2.89. The molecule has 92 valence electrons. The van der Waals surface area contributed by atoms with Crippen LogP contribution in [0.2, 0.25) is 0 Å². The van der Waals surface area contributed by atoms with Crippen LogP contribution in [0.3, 0.4) is 0 Å². The first-order valence-electron chi connectivity index (χ1n) is 4.96.